The summed E-state index contributed by atoms with van der Waals surface area (Å²) in [4.78, 5) is 18.2. The van der Waals surface area contributed by atoms with Crippen molar-refractivity contribution in [1.82, 2.24) is 20.1 Å². The zero-order valence-electron chi connectivity index (χ0n) is 12.0. The minimum Gasteiger partial charge on any atom is -0.366 e. The summed E-state index contributed by atoms with van der Waals surface area (Å²) >= 11 is 0. The number of carbonyl (C=O) groups excluding carboxylic acids is 1. The van der Waals surface area contributed by atoms with E-state index in [0.29, 0.717) is 18.7 Å². The Kier molecular flexibility index (Phi) is 4.12. The lowest BCUT2D eigenvalue weighted by atomic mass is 10.2. The van der Waals surface area contributed by atoms with Gasteiger partial charge in [0.1, 0.15) is 11.9 Å². The Morgan fingerprint density at radius 3 is 3.09 bits per heavy atom. The average molecular weight is 305 g/mol. The normalized spacial score (nSPS) is 19.1. The molecule has 2 heterocycles. The number of amides is 1. The minimum absolute atomic E-state index is 0.0973. The van der Waals surface area contributed by atoms with Gasteiger partial charge in [0, 0.05) is 13.1 Å². The van der Waals surface area contributed by atoms with Gasteiger partial charge >= 0.3 is 0 Å². The first-order valence-corrected chi connectivity index (χ1v) is 6.92. The topological polar surface area (TPSA) is 83.1 Å². The van der Waals surface area contributed by atoms with Gasteiger partial charge in [-0.2, -0.15) is 4.98 Å². The zero-order valence-corrected chi connectivity index (χ0v) is 12.0. The second kappa shape index (κ2) is 6.20. The van der Waals surface area contributed by atoms with Crippen LogP contribution < -0.4 is 5.32 Å². The molecule has 116 valence electrons. The molecular weight excluding hydrogens is 289 g/mol. The first-order chi connectivity index (χ1) is 10.6. The molecule has 1 aliphatic rings. The van der Waals surface area contributed by atoms with Crippen molar-refractivity contribution < 1.29 is 13.9 Å². The van der Waals surface area contributed by atoms with Crippen molar-refractivity contribution in [1.29, 1.82) is 0 Å². The van der Waals surface area contributed by atoms with Crippen LogP contribution in [0.3, 0.4) is 0 Å². The van der Waals surface area contributed by atoms with Crippen LogP contribution in [0, 0.1) is 5.82 Å². The van der Waals surface area contributed by atoms with Crippen LogP contribution in [0.15, 0.2) is 24.3 Å². The highest BCUT2D eigenvalue weighted by Gasteiger charge is 2.25. The van der Waals surface area contributed by atoms with Gasteiger partial charge in [-0.05, 0) is 19.2 Å². The SMILES string of the molecule is CN1CCO[C@@H](C(=O)Nc2n[nH]c(-c3ccccc3F)n2)C1. The molecule has 1 atom stereocenters. The van der Waals surface area contributed by atoms with Crippen LogP contribution in [-0.2, 0) is 9.53 Å². The number of halogens is 1. The molecular formula is C14H16FN5O2. The van der Waals surface area contributed by atoms with Crippen LogP contribution in [0.2, 0.25) is 0 Å². The molecule has 1 aromatic heterocycles. The zero-order chi connectivity index (χ0) is 15.5. The van der Waals surface area contributed by atoms with Gasteiger partial charge < -0.3 is 9.64 Å². The molecule has 0 spiro atoms. The van der Waals surface area contributed by atoms with Crippen molar-refractivity contribution in [3.05, 3.63) is 30.1 Å². The molecule has 1 aromatic carbocycles. The molecule has 2 aromatic rings. The maximum atomic E-state index is 13.7. The number of ether oxygens (including phenoxy) is 1. The van der Waals surface area contributed by atoms with Gasteiger partial charge in [0.05, 0.1) is 12.2 Å². The predicted octanol–water partition coefficient (Wildman–Crippen LogP) is 0.880. The van der Waals surface area contributed by atoms with E-state index < -0.39 is 11.9 Å². The van der Waals surface area contributed by atoms with E-state index in [0.717, 1.165) is 6.54 Å². The summed E-state index contributed by atoms with van der Waals surface area (Å²) in [5, 5.41) is 9.07. The molecule has 2 N–H and O–H groups in total. The Balaban J connectivity index is 1.69. The Morgan fingerprint density at radius 1 is 1.50 bits per heavy atom. The minimum atomic E-state index is -0.561. The number of H-pyrrole nitrogens is 1. The van der Waals surface area contributed by atoms with Crippen LogP contribution in [-0.4, -0.2) is 58.8 Å². The molecule has 0 radical (unpaired) electrons. The second-order valence-corrected chi connectivity index (χ2v) is 5.10. The number of nitrogens with zero attached hydrogens (tertiary/aromatic N) is 3. The third kappa shape index (κ3) is 3.12. The maximum absolute atomic E-state index is 13.7. The first kappa shape index (κ1) is 14.6. The van der Waals surface area contributed by atoms with Gasteiger partial charge in [0.2, 0.25) is 5.95 Å². The number of morpholine rings is 1. The van der Waals surface area contributed by atoms with Gasteiger partial charge in [-0.1, -0.05) is 12.1 Å². The molecule has 1 saturated heterocycles. The number of carbonyl (C=O) groups is 1. The van der Waals surface area contributed by atoms with Crippen molar-refractivity contribution in [2.24, 2.45) is 0 Å². The predicted molar refractivity (Wildman–Crippen MR) is 77.6 cm³/mol. The van der Waals surface area contributed by atoms with E-state index in [1.54, 1.807) is 18.2 Å². The Morgan fingerprint density at radius 2 is 2.32 bits per heavy atom. The summed E-state index contributed by atoms with van der Waals surface area (Å²) in [5.74, 6) is -0.366. The van der Waals surface area contributed by atoms with Gasteiger partial charge in [-0.15, -0.1) is 5.10 Å². The van der Waals surface area contributed by atoms with Crippen LogP contribution in [0.4, 0.5) is 10.3 Å². The van der Waals surface area contributed by atoms with Gasteiger partial charge in [0.15, 0.2) is 5.82 Å². The monoisotopic (exact) mass is 305 g/mol. The van der Waals surface area contributed by atoms with E-state index in [4.69, 9.17) is 4.74 Å². The molecule has 0 saturated carbocycles. The van der Waals surface area contributed by atoms with Crippen molar-refractivity contribution >= 4 is 11.9 Å². The van der Waals surface area contributed by atoms with Crippen LogP contribution in [0.25, 0.3) is 11.4 Å². The van der Waals surface area contributed by atoms with Gasteiger partial charge in [-0.3, -0.25) is 15.2 Å². The summed E-state index contributed by atoms with van der Waals surface area (Å²) < 4.78 is 19.1. The highest BCUT2D eigenvalue weighted by Crippen LogP contribution is 2.19. The number of likely N-dealkylation sites (N-methyl/N-ethyl adjacent to an activating group) is 1. The lowest BCUT2D eigenvalue weighted by molar-refractivity contribution is -0.132. The molecule has 7 nitrogen and oxygen atoms in total. The summed E-state index contributed by atoms with van der Waals surface area (Å²) in [6.07, 6.45) is -0.561. The van der Waals surface area contributed by atoms with E-state index in [9.17, 15) is 9.18 Å². The number of aromatic amines is 1. The second-order valence-electron chi connectivity index (χ2n) is 5.10. The fourth-order valence-corrected chi connectivity index (χ4v) is 2.22. The quantitative estimate of drug-likeness (QED) is 0.879. The lowest BCUT2D eigenvalue weighted by Crippen LogP contribution is -2.46. The fourth-order valence-electron chi connectivity index (χ4n) is 2.22. The fraction of sp³-hybridized carbons (Fsp3) is 0.357. The third-order valence-corrected chi connectivity index (χ3v) is 3.41. The van der Waals surface area contributed by atoms with Crippen molar-refractivity contribution in [2.75, 3.05) is 32.1 Å². The Labute approximate surface area is 126 Å². The number of nitrogens with one attached hydrogen (secondary N) is 2. The standard InChI is InChI=1S/C14H16FN5O2/c1-20-6-7-22-11(8-20)13(21)17-14-16-12(18-19-14)9-4-2-3-5-10(9)15/h2-5,11H,6-8H2,1H3,(H2,16,17,18,19,21)/t11-/m1/s1. The molecule has 1 aliphatic heterocycles. The summed E-state index contributed by atoms with van der Waals surface area (Å²) in [7, 11) is 1.92. The third-order valence-electron chi connectivity index (χ3n) is 3.41. The number of benzene rings is 1. The number of rotatable bonds is 3. The molecule has 1 fully saturated rings. The molecule has 0 bridgehead atoms. The molecule has 1 amide bonds. The maximum Gasteiger partial charge on any atom is 0.257 e. The summed E-state index contributed by atoms with van der Waals surface area (Å²) in [6.45, 7) is 1.81. The van der Waals surface area contributed by atoms with Gasteiger partial charge in [0.25, 0.3) is 5.91 Å². The highest BCUT2D eigenvalue weighted by molar-refractivity contribution is 5.93. The summed E-state index contributed by atoms with van der Waals surface area (Å²) in [5.41, 5.74) is 0.296. The Hall–Kier alpha value is -2.32. The average Bonchev–Trinajstić information content (AvgIpc) is 2.96. The molecule has 3 rings (SSSR count). The summed E-state index contributed by atoms with van der Waals surface area (Å²) in [6, 6.07) is 6.21. The van der Waals surface area contributed by atoms with Crippen LogP contribution in [0.5, 0.6) is 0 Å². The largest absolute Gasteiger partial charge is 0.366 e. The van der Waals surface area contributed by atoms with E-state index >= 15 is 0 Å². The molecule has 8 heteroatoms. The number of hydrogen-bond acceptors (Lipinski definition) is 5. The van der Waals surface area contributed by atoms with Crippen LogP contribution in [0.1, 0.15) is 0 Å². The van der Waals surface area contributed by atoms with Crippen molar-refractivity contribution in [2.45, 2.75) is 6.10 Å². The Bertz CT molecular complexity index is 675. The van der Waals surface area contributed by atoms with E-state index in [1.807, 2.05) is 11.9 Å². The van der Waals surface area contributed by atoms with Crippen LogP contribution >= 0.6 is 0 Å². The molecule has 22 heavy (non-hydrogen) atoms. The molecule has 0 unspecified atom stereocenters. The first-order valence-electron chi connectivity index (χ1n) is 6.92. The number of aromatic nitrogens is 3. The number of anilines is 1. The van der Waals surface area contributed by atoms with Crippen molar-refractivity contribution in [3.63, 3.8) is 0 Å². The highest BCUT2D eigenvalue weighted by atomic mass is 19.1. The van der Waals surface area contributed by atoms with E-state index in [2.05, 4.69) is 20.5 Å². The number of hydrogen-bond donors (Lipinski definition) is 2. The van der Waals surface area contributed by atoms with Crippen molar-refractivity contribution in [3.8, 4) is 11.4 Å². The smallest absolute Gasteiger partial charge is 0.257 e. The molecule has 0 aliphatic carbocycles. The lowest BCUT2D eigenvalue weighted by Gasteiger charge is -2.28. The van der Waals surface area contributed by atoms with Gasteiger partial charge in [-0.25, -0.2) is 4.39 Å². The van der Waals surface area contributed by atoms with E-state index in [1.165, 1.54) is 6.07 Å². The van der Waals surface area contributed by atoms with E-state index in [-0.39, 0.29) is 17.7 Å².